The zero-order chi connectivity index (χ0) is 14.7. The summed E-state index contributed by atoms with van der Waals surface area (Å²) in [4.78, 5) is 0. The van der Waals surface area contributed by atoms with E-state index in [2.05, 4.69) is 22.3 Å². The van der Waals surface area contributed by atoms with E-state index in [4.69, 9.17) is 10.5 Å². The fourth-order valence-electron chi connectivity index (χ4n) is 2.20. The summed E-state index contributed by atoms with van der Waals surface area (Å²) in [6, 6.07) is 8.08. The lowest BCUT2D eigenvalue weighted by Crippen LogP contribution is -1.97. The highest BCUT2D eigenvalue weighted by molar-refractivity contribution is 5.67. The van der Waals surface area contributed by atoms with Crippen LogP contribution < -0.4 is 0 Å². The topological polar surface area (TPSA) is 82.7 Å². The van der Waals surface area contributed by atoms with E-state index in [1.54, 1.807) is 16.9 Å². The van der Waals surface area contributed by atoms with Crippen LogP contribution in [0.1, 0.15) is 18.4 Å². The highest BCUT2D eigenvalue weighted by atomic mass is 15.3. The van der Waals surface area contributed by atoms with Crippen molar-refractivity contribution in [2.45, 2.75) is 19.4 Å². The lowest BCUT2D eigenvalue weighted by molar-refractivity contribution is 0.586. The van der Waals surface area contributed by atoms with E-state index < -0.39 is 0 Å². The Morgan fingerprint density at radius 1 is 1.05 bits per heavy atom. The fourth-order valence-corrected chi connectivity index (χ4v) is 2.20. The largest absolute Gasteiger partial charge is 0.272 e. The Labute approximate surface area is 121 Å². The molecule has 0 aromatic carbocycles. The number of unbranched alkanes of at least 4 members (excludes halogenated alkanes) is 1. The highest BCUT2D eigenvalue weighted by Crippen LogP contribution is 2.20. The van der Waals surface area contributed by atoms with Gasteiger partial charge in [-0.05, 0) is 12.5 Å². The monoisotopic (exact) mass is 276 g/mol. The molecule has 0 bridgehead atoms. The first-order valence-corrected chi connectivity index (χ1v) is 6.59. The lowest BCUT2D eigenvalue weighted by Gasteiger charge is -2.00. The van der Waals surface area contributed by atoms with Gasteiger partial charge in [0.15, 0.2) is 0 Å². The number of nitriles is 2. The quantitative estimate of drug-likeness (QED) is 0.685. The Bertz CT molecular complexity index is 858. The molecular formula is C15H12N6. The second-order valence-corrected chi connectivity index (χ2v) is 4.67. The van der Waals surface area contributed by atoms with E-state index in [9.17, 15) is 0 Å². The Morgan fingerprint density at radius 2 is 1.95 bits per heavy atom. The number of fused-ring (bicyclic) bond motifs is 1. The van der Waals surface area contributed by atoms with Crippen LogP contribution in [0.5, 0.6) is 0 Å². The number of nitrogens with zero attached hydrogens (tertiary/aromatic N) is 6. The van der Waals surface area contributed by atoms with Crippen LogP contribution >= 0.6 is 0 Å². The zero-order valence-corrected chi connectivity index (χ0v) is 11.3. The summed E-state index contributed by atoms with van der Waals surface area (Å²) in [5.74, 6) is 0. The molecule has 0 N–H and O–H groups in total. The standard InChI is InChI=1S/C15H12N6/c16-5-1-2-6-20-10-14(9-18-20)12-3-4-15-13(7-17)8-19-21(15)11-12/h3-4,8-11H,1-2,6H2. The smallest absolute Gasteiger partial charge is 0.103 e. The Kier molecular flexibility index (Phi) is 3.36. The molecule has 0 aliphatic carbocycles. The molecule has 0 atom stereocenters. The maximum atomic E-state index is 8.98. The van der Waals surface area contributed by atoms with Gasteiger partial charge in [-0.1, -0.05) is 6.07 Å². The van der Waals surface area contributed by atoms with E-state index in [1.807, 2.05) is 29.2 Å². The lowest BCUT2D eigenvalue weighted by atomic mass is 10.1. The molecule has 0 amide bonds. The molecule has 0 saturated carbocycles. The van der Waals surface area contributed by atoms with Crippen molar-refractivity contribution in [3.63, 3.8) is 0 Å². The average molecular weight is 276 g/mol. The van der Waals surface area contributed by atoms with Crippen LogP contribution in [0.3, 0.4) is 0 Å². The number of hydrogen-bond acceptors (Lipinski definition) is 4. The summed E-state index contributed by atoms with van der Waals surface area (Å²) < 4.78 is 3.53. The predicted octanol–water partition coefficient (Wildman–Crippen LogP) is 2.37. The molecule has 0 unspecified atom stereocenters. The van der Waals surface area contributed by atoms with Crippen LogP contribution in [0, 0.1) is 22.7 Å². The van der Waals surface area contributed by atoms with E-state index >= 15 is 0 Å². The van der Waals surface area contributed by atoms with Crippen LogP contribution in [0.25, 0.3) is 16.6 Å². The van der Waals surface area contributed by atoms with Gasteiger partial charge in [-0.2, -0.15) is 20.7 Å². The van der Waals surface area contributed by atoms with Crippen molar-refractivity contribution in [3.8, 4) is 23.3 Å². The predicted molar refractivity (Wildman–Crippen MR) is 76.0 cm³/mol. The van der Waals surface area contributed by atoms with Crippen molar-refractivity contribution >= 4 is 5.52 Å². The molecule has 3 rings (SSSR count). The van der Waals surface area contributed by atoms with Crippen LogP contribution in [0.4, 0.5) is 0 Å². The Morgan fingerprint density at radius 3 is 2.76 bits per heavy atom. The van der Waals surface area contributed by atoms with E-state index in [-0.39, 0.29) is 0 Å². The highest BCUT2D eigenvalue weighted by Gasteiger charge is 2.06. The molecule has 3 aromatic rings. The molecule has 0 spiro atoms. The van der Waals surface area contributed by atoms with Gasteiger partial charge in [-0.25, -0.2) is 4.52 Å². The van der Waals surface area contributed by atoms with Gasteiger partial charge in [-0.15, -0.1) is 0 Å². The molecule has 21 heavy (non-hydrogen) atoms. The number of pyridine rings is 1. The molecule has 0 saturated heterocycles. The van der Waals surface area contributed by atoms with Gasteiger partial charge in [0, 0.05) is 36.5 Å². The molecule has 6 heteroatoms. The Balaban J connectivity index is 1.87. The van der Waals surface area contributed by atoms with Crippen LogP contribution in [0.2, 0.25) is 0 Å². The first-order chi connectivity index (χ1) is 10.3. The van der Waals surface area contributed by atoms with Gasteiger partial charge < -0.3 is 0 Å². The van der Waals surface area contributed by atoms with Gasteiger partial charge in [0.25, 0.3) is 0 Å². The maximum Gasteiger partial charge on any atom is 0.103 e. The molecule has 6 nitrogen and oxygen atoms in total. The number of hydrogen-bond donors (Lipinski definition) is 0. The number of rotatable bonds is 4. The first-order valence-electron chi connectivity index (χ1n) is 6.59. The summed E-state index contributed by atoms with van der Waals surface area (Å²) in [6.07, 6.45) is 8.51. The average Bonchev–Trinajstić information content (AvgIpc) is 3.13. The second-order valence-electron chi connectivity index (χ2n) is 4.67. The van der Waals surface area contributed by atoms with E-state index in [1.165, 1.54) is 0 Å². The number of aryl methyl sites for hydroxylation is 1. The molecule has 0 radical (unpaired) electrons. The Hall–Kier alpha value is -3.12. The van der Waals surface area contributed by atoms with Crippen LogP contribution in [-0.4, -0.2) is 19.4 Å². The molecular weight excluding hydrogens is 264 g/mol. The molecule has 3 aromatic heterocycles. The van der Waals surface area contributed by atoms with Gasteiger partial charge in [0.2, 0.25) is 0 Å². The summed E-state index contributed by atoms with van der Waals surface area (Å²) in [7, 11) is 0. The normalized spacial score (nSPS) is 10.4. The van der Waals surface area contributed by atoms with Crippen molar-refractivity contribution < 1.29 is 0 Å². The van der Waals surface area contributed by atoms with Gasteiger partial charge in [0.1, 0.15) is 6.07 Å². The molecule has 0 aliphatic heterocycles. The van der Waals surface area contributed by atoms with Crippen molar-refractivity contribution in [2.24, 2.45) is 0 Å². The second kappa shape index (κ2) is 5.48. The van der Waals surface area contributed by atoms with Gasteiger partial charge >= 0.3 is 0 Å². The van der Waals surface area contributed by atoms with Gasteiger partial charge in [0.05, 0.1) is 29.5 Å². The van der Waals surface area contributed by atoms with Crippen molar-refractivity contribution in [1.82, 2.24) is 19.4 Å². The van der Waals surface area contributed by atoms with Crippen molar-refractivity contribution in [1.29, 1.82) is 10.5 Å². The molecule has 102 valence electrons. The van der Waals surface area contributed by atoms with E-state index in [0.29, 0.717) is 12.0 Å². The minimum absolute atomic E-state index is 0.533. The van der Waals surface area contributed by atoms with Gasteiger partial charge in [-0.3, -0.25) is 4.68 Å². The minimum atomic E-state index is 0.533. The zero-order valence-electron chi connectivity index (χ0n) is 11.3. The molecule has 0 aliphatic rings. The van der Waals surface area contributed by atoms with E-state index in [0.717, 1.165) is 29.6 Å². The third kappa shape index (κ3) is 2.47. The van der Waals surface area contributed by atoms with Crippen molar-refractivity contribution in [2.75, 3.05) is 0 Å². The molecule has 3 heterocycles. The summed E-state index contributed by atoms with van der Waals surface area (Å²) in [6.45, 7) is 0.732. The minimum Gasteiger partial charge on any atom is -0.272 e. The summed E-state index contributed by atoms with van der Waals surface area (Å²) >= 11 is 0. The van der Waals surface area contributed by atoms with Crippen LogP contribution in [0.15, 0.2) is 36.9 Å². The number of aromatic nitrogens is 4. The SMILES string of the molecule is N#CCCCn1cc(-c2ccc3c(C#N)cnn3c2)cn1. The summed E-state index contributed by atoms with van der Waals surface area (Å²) in [5, 5.41) is 26.0. The third-order valence-corrected chi connectivity index (χ3v) is 3.28. The molecule has 0 fully saturated rings. The van der Waals surface area contributed by atoms with Crippen LogP contribution in [-0.2, 0) is 6.54 Å². The fraction of sp³-hybridized carbons (Fsp3) is 0.200. The van der Waals surface area contributed by atoms with Crippen molar-refractivity contribution in [3.05, 3.63) is 42.5 Å². The summed E-state index contributed by atoms with van der Waals surface area (Å²) in [5.41, 5.74) is 3.33. The maximum absolute atomic E-state index is 8.98. The third-order valence-electron chi connectivity index (χ3n) is 3.28. The first kappa shape index (κ1) is 12.9.